The molecule has 3 rings (SSSR count). The Morgan fingerprint density at radius 2 is 1.67 bits per heavy atom. The average molecular weight is 453 g/mol. The lowest BCUT2D eigenvalue weighted by atomic mass is 9.90. The van der Waals surface area contributed by atoms with Gasteiger partial charge in [-0.15, -0.1) is 0 Å². The second-order valence-electron chi connectivity index (χ2n) is 9.12. The van der Waals surface area contributed by atoms with Crippen LogP contribution in [0.3, 0.4) is 0 Å². The summed E-state index contributed by atoms with van der Waals surface area (Å²) in [5, 5.41) is 0. The molecule has 1 amide bonds. The van der Waals surface area contributed by atoms with E-state index in [2.05, 4.69) is 0 Å². The van der Waals surface area contributed by atoms with Gasteiger partial charge in [-0.3, -0.25) is 9.59 Å². The number of amides is 1. The van der Waals surface area contributed by atoms with E-state index in [9.17, 15) is 14.4 Å². The Bertz CT molecular complexity index is 1030. The zero-order valence-electron chi connectivity index (χ0n) is 20.7. The van der Waals surface area contributed by atoms with E-state index in [-0.39, 0.29) is 24.3 Å². The van der Waals surface area contributed by atoms with Gasteiger partial charge >= 0.3 is 5.97 Å². The Morgan fingerprint density at radius 1 is 1.06 bits per heavy atom. The number of nitrogens with zero attached hydrogens (tertiary/aromatic N) is 2. The number of rotatable bonds is 7. The van der Waals surface area contributed by atoms with Gasteiger partial charge in [0.05, 0.1) is 12.6 Å². The quantitative estimate of drug-likeness (QED) is 0.429. The van der Waals surface area contributed by atoms with Crippen molar-refractivity contribution in [3.8, 4) is 0 Å². The maximum absolute atomic E-state index is 13.8. The molecule has 2 aromatic rings. The van der Waals surface area contributed by atoms with Crippen LogP contribution in [0, 0.1) is 20.8 Å². The van der Waals surface area contributed by atoms with E-state index in [0.29, 0.717) is 28.1 Å². The molecule has 1 fully saturated rings. The zero-order valence-corrected chi connectivity index (χ0v) is 20.7. The summed E-state index contributed by atoms with van der Waals surface area (Å²) in [4.78, 5) is 41.8. The minimum atomic E-state index is -0.642. The Morgan fingerprint density at radius 3 is 2.24 bits per heavy atom. The minimum absolute atomic E-state index is 0.0281. The third-order valence-corrected chi connectivity index (χ3v) is 6.94. The minimum Gasteiger partial charge on any atom is -0.461 e. The summed E-state index contributed by atoms with van der Waals surface area (Å²) in [7, 11) is 1.77. The SMILES string of the molecule is CCOC(=O)c1c(C)c(C(=O)C(C)N(C(=O)c2ccc(C)cc2)C2CCCCC2)c(C)n1C. The molecule has 1 atom stereocenters. The van der Waals surface area contributed by atoms with E-state index >= 15 is 0 Å². The van der Waals surface area contributed by atoms with Crippen molar-refractivity contribution in [3.63, 3.8) is 0 Å². The fourth-order valence-corrected chi connectivity index (χ4v) is 5.03. The van der Waals surface area contributed by atoms with Gasteiger partial charge in [0, 0.05) is 29.9 Å². The molecule has 1 aliphatic carbocycles. The number of aromatic nitrogens is 1. The van der Waals surface area contributed by atoms with Crippen LogP contribution in [0.25, 0.3) is 0 Å². The van der Waals surface area contributed by atoms with Crippen molar-refractivity contribution in [2.45, 2.75) is 78.8 Å². The molecule has 6 heteroatoms. The lowest BCUT2D eigenvalue weighted by molar-refractivity contribution is 0.0485. The van der Waals surface area contributed by atoms with Crippen LogP contribution in [-0.4, -0.2) is 45.8 Å². The lowest BCUT2D eigenvalue weighted by Crippen LogP contribution is -2.50. The van der Waals surface area contributed by atoms with Crippen LogP contribution in [-0.2, 0) is 11.8 Å². The molecular weight excluding hydrogens is 416 g/mol. The van der Waals surface area contributed by atoms with Crippen molar-refractivity contribution in [2.75, 3.05) is 6.61 Å². The molecule has 178 valence electrons. The summed E-state index contributed by atoms with van der Waals surface area (Å²) in [5.41, 5.74) is 3.89. The molecule has 1 heterocycles. The molecule has 1 unspecified atom stereocenters. The van der Waals surface area contributed by atoms with Crippen molar-refractivity contribution in [2.24, 2.45) is 7.05 Å². The fourth-order valence-electron chi connectivity index (χ4n) is 5.03. The molecular formula is C27H36N2O4. The summed E-state index contributed by atoms with van der Waals surface area (Å²) >= 11 is 0. The Kier molecular flexibility index (Phi) is 7.77. The highest BCUT2D eigenvalue weighted by Gasteiger charge is 2.36. The van der Waals surface area contributed by atoms with Gasteiger partial charge in [-0.1, -0.05) is 37.0 Å². The molecule has 1 aromatic carbocycles. The number of aryl methyl sites for hydroxylation is 1. The lowest BCUT2D eigenvalue weighted by Gasteiger charge is -2.38. The fraction of sp³-hybridized carbons (Fsp3) is 0.519. The number of esters is 1. The second kappa shape index (κ2) is 10.4. The van der Waals surface area contributed by atoms with Gasteiger partial charge in [0.2, 0.25) is 0 Å². The van der Waals surface area contributed by atoms with E-state index in [0.717, 1.165) is 37.7 Å². The first-order valence-corrected chi connectivity index (χ1v) is 12.0. The molecule has 33 heavy (non-hydrogen) atoms. The van der Waals surface area contributed by atoms with Crippen LogP contribution in [0.15, 0.2) is 24.3 Å². The molecule has 0 radical (unpaired) electrons. The zero-order chi connectivity index (χ0) is 24.3. The first-order chi connectivity index (χ1) is 15.7. The van der Waals surface area contributed by atoms with Gasteiger partial charge in [-0.05, 0) is 65.2 Å². The molecule has 1 aliphatic rings. The highest BCUT2D eigenvalue weighted by molar-refractivity contribution is 6.07. The van der Waals surface area contributed by atoms with Gasteiger partial charge in [0.1, 0.15) is 5.69 Å². The van der Waals surface area contributed by atoms with Gasteiger partial charge in [-0.2, -0.15) is 0 Å². The third kappa shape index (κ3) is 4.90. The van der Waals surface area contributed by atoms with Crippen LogP contribution in [0.2, 0.25) is 0 Å². The first kappa shape index (κ1) is 24.7. The van der Waals surface area contributed by atoms with Gasteiger partial charge < -0.3 is 14.2 Å². The molecule has 0 saturated heterocycles. The summed E-state index contributed by atoms with van der Waals surface area (Å²) in [5.74, 6) is -0.686. The van der Waals surface area contributed by atoms with Crippen molar-refractivity contribution in [1.82, 2.24) is 9.47 Å². The number of hydrogen-bond donors (Lipinski definition) is 0. The highest BCUT2D eigenvalue weighted by atomic mass is 16.5. The van der Waals surface area contributed by atoms with Gasteiger partial charge in [-0.25, -0.2) is 4.79 Å². The molecule has 0 aliphatic heterocycles. The number of benzene rings is 1. The van der Waals surface area contributed by atoms with Crippen LogP contribution in [0.4, 0.5) is 0 Å². The average Bonchev–Trinajstić information content (AvgIpc) is 3.02. The molecule has 1 saturated carbocycles. The Labute approximate surface area is 196 Å². The smallest absolute Gasteiger partial charge is 0.355 e. The van der Waals surface area contributed by atoms with E-state index in [1.54, 1.807) is 30.4 Å². The van der Waals surface area contributed by atoms with Gasteiger partial charge in [0.25, 0.3) is 5.91 Å². The number of ether oxygens (including phenoxy) is 1. The molecule has 0 spiro atoms. The van der Waals surface area contributed by atoms with Gasteiger partial charge in [0.15, 0.2) is 5.78 Å². The summed E-state index contributed by atoms with van der Waals surface area (Å²) in [6, 6.07) is 6.91. The summed E-state index contributed by atoms with van der Waals surface area (Å²) in [6.07, 6.45) is 5.07. The topological polar surface area (TPSA) is 68.6 Å². The molecule has 0 N–H and O–H groups in total. The van der Waals surface area contributed by atoms with E-state index in [4.69, 9.17) is 4.74 Å². The number of hydrogen-bond acceptors (Lipinski definition) is 4. The second-order valence-corrected chi connectivity index (χ2v) is 9.12. The number of Topliss-reactive ketones (excluding diaryl/α,β-unsaturated/α-hetero) is 1. The highest BCUT2D eigenvalue weighted by Crippen LogP contribution is 2.30. The maximum atomic E-state index is 13.8. The van der Waals surface area contributed by atoms with Crippen molar-refractivity contribution >= 4 is 17.7 Å². The van der Waals surface area contributed by atoms with Crippen LogP contribution >= 0.6 is 0 Å². The predicted octanol–water partition coefficient (Wildman–Crippen LogP) is 5.17. The van der Waals surface area contributed by atoms with Crippen LogP contribution in [0.1, 0.15) is 94.0 Å². The molecule has 1 aromatic heterocycles. The summed E-state index contributed by atoms with van der Waals surface area (Å²) in [6.45, 7) is 9.45. The molecule has 0 bridgehead atoms. The van der Waals surface area contributed by atoms with Crippen LogP contribution in [0.5, 0.6) is 0 Å². The normalized spacial score (nSPS) is 15.2. The standard InChI is InChI=1S/C27H36N2O4/c1-7-33-27(32)24-18(3)23(19(4)28(24)6)25(30)20(5)29(22-11-9-8-10-12-22)26(31)21-15-13-17(2)14-16-21/h13-16,20,22H,7-12H2,1-6H3. The third-order valence-electron chi connectivity index (χ3n) is 6.94. The van der Waals surface area contributed by atoms with E-state index in [1.807, 2.05) is 45.0 Å². The largest absolute Gasteiger partial charge is 0.461 e. The predicted molar refractivity (Wildman–Crippen MR) is 129 cm³/mol. The number of ketones is 1. The maximum Gasteiger partial charge on any atom is 0.355 e. The van der Waals surface area contributed by atoms with Crippen molar-refractivity contribution < 1.29 is 19.1 Å². The molecule has 6 nitrogen and oxygen atoms in total. The van der Waals surface area contributed by atoms with Crippen molar-refractivity contribution in [1.29, 1.82) is 0 Å². The Hall–Kier alpha value is -2.89. The number of carbonyl (C=O) groups excluding carboxylic acids is 3. The number of carbonyl (C=O) groups is 3. The monoisotopic (exact) mass is 452 g/mol. The van der Waals surface area contributed by atoms with E-state index in [1.165, 1.54) is 0 Å². The van der Waals surface area contributed by atoms with Crippen LogP contribution < -0.4 is 0 Å². The summed E-state index contributed by atoms with van der Waals surface area (Å²) < 4.78 is 6.93. The van der Waals surface area contributed by atoms with Crippen molar-refractivity contribution in [3.05, 3.63) is 57.9 Å². The van der Waals surface area contributed by atoms with E-state index < -0.39 is 12.0 Å². The first-order valence-electron chi connectivity index (χ1n) is 12.0. The Balaban J connectivity index is 2.01.